The van der Waals surface area contributed by atoms with Gasteiger partial charge in [0.2, 0.25) is 0 Å². The van der Waals surface area contributed by atoms with E-state index >= 15 is 0 Å². The smallest absolute Gasteiger partial charge is 0.0683 e. The molecule has 1 aliphatic carbocycles. The van der Waals surface area contributed by atoms with Gasteiger partial charge in [0, 0.05) is 6.04 Å². The summed E-state index contributed by atoms with van der Waals surface area (Å²) in [5, 5.41) is 12.5. The van der Waals surface area contributed by atoms with Gasteiger partial charge in [-0.15, -0.1) is 0 Å². The van der Waals surface area contributed by atoms with Crippen molar-refractivity contribution in [3.05, 3.63) is 12.2 Å². The second kappa shape index (κ2) is 6.70. The molecule has 0 saturated carbocycles. The number of nitrogens with one attached hydrogen (secondary N) is 1. The Labute approximate surface area is 99.7 Å². The highest BCUT2D eigenvalue weighted by Gasteiger charge is 2.15. The van der Waals surface area contributed by atoms with Crippen molar-refractivity contribution in [2.24, 2.45) is 5.41 Å². The second-order valence-electron chi connectivity index (χ2n) is 5.39. The molecule has 0 aromatic rings. The molecule has 1 unspecified atom stereocenters. The number of hydrogen-bond donors (Lipinski definition) is 1. The number of rotatable bonds is 6. The quantitative estimate of drug-likeness (QED) is 0.550. The van der Waals surface area contributed by atoms with E-state index < -0.39 is 0 Å². The third-order valence-corrected chi connectivity index (χ3v) is 3.23. The van der Waals surface area contributed by atoms with Crippen LogP contribution in [0.2, 0.25) is 0 Å². The Bertz CT molecular complexity index is 260. The van der Waals surface area contributed by atoms with Crippen molar-refractivity contribution in [1.82, 2.24) is 5.32 Å². The first-order chi connectivity index (χ1) is 7.64. The first-order valence-corrected chi connectivity index (χ1v) is 6.44. The zero-order valence-corrected chi connectivity index (χ0v) is 10.6. The third kappa shape index (κ3) is 5.32. The van der Waals surface area contributed by atoms with Gasteiger partial charge in [0.25, 0.3) is 0 Å². The van der Waals surface area contributed by atoms with Crippen LogP contribution in [-0.2, 0) is 0 Å². The van der Waals surface area contributed by atoms with Gasteiger partial charge in [0.15, 0.2) is 0 Å². The Hall–Kier alpha value is -0.810. The molecule has 1 N–H and O–H groups in total. The lowest BCUT2D eigenvalue weighted by Gasteiger charge is -2.20. The van der Waals surface area contributed by atoms with Crippen molar-refractivity contribution in [3.63, 3.8) is 0 Å². The molecule has 16 heavy (non-hydrogen) atoms. The summed E-state index contributed by atoms with van der Waals surface area (Å²) in [4.78, 5) is 0. The van der Waals surface area contributed by atoms with Crippen LogP contribution in [0.1, 0.15) is 52.4 Å². The van der Waals surface area contributed by atoms with Gasteiger partial charge < -0.3 is 5.32 Å². The Morgan fingerprint density at radius 1 is 1.38 bits per heavy atom. The van der Waals surface area contributed by atoms with Gasteiger partial charge in [-0.25, -0.2) is 0 Å². The van der Waals surface area contributed by atoms with E-state index in [4.69, 9.17) is 5.26 Å². The van der Waals surface area contributed by atoms with Crippen LogP contribution in [0.3, 0.4) is 0 Å². The Balaban J connectivity index is 2.00. The molecule has 0 aromatic carbocycles. The van der Waals surface area contributed by atoms with Crippen LogP contribution >= 0.6 is 0 Å². The van der Waals surface area contributed by atoms with E-state index in [2.05, 4.69) is 23.5 Å². The average molecular weight is 220 g/mol. The number of nitrogens with zero attached hydrogens (tertiary/aromatic N) is 1. The fraction of sp³-hybridized carbons (Fsp3) is 0.786. The molecule has 1 aliphatic rings. The summed E-state index contributed by atoms with van der Waals surface area (Å²) in [6, 6.07) is 3.04. The minimum atomic E-state index is -0.145. The van der Waals surface area contributed by atoms with Crippen molar-refractivity contribution in [2.45, 2.75) is 58.4 Å². The minimum absolute atomic E-state index is 0.145. The summed E-state index contributed by atoms with van der Waals surface area (Å²) in [6.07, 6.45) is 11.6. The van der Waals surface area contributed by atoms with Crippen LogP contribution in [0.5, 0.6) is 0 Å². The molecule has 0 fully saturated rings. The molecular formula is C14H24N2. The zero-order valence-electron chi connectivity index (χ0n) is 10.6. The molecule has 0 aromatic heterocycles. The summed E-state index contributed by atoms with van der Waals surface area (Å²) in [6.45, 7) is 5.14. The maximum absolute atomic E-state index is 8.88. The Morgan fingerprint density at radius 2 is 2.19 bits per heavy atom. The Kier molecular flexibility index (Phi) is 5.55. The van der Waals surface area contributed by atoms with E-state index in [9.17, 15) is 0 Å². The highest BCUT2D eigenvalue weighted by Crippen LogP contribution is 2.21. The van der Waals surface area contributed by atoms with Gasteiger partial charge in [-0.1, -0.05) is 18.6 Å². The largest absolute Gasteiger partial charge is 0.314 e. The predicted molar refractivity (Wildman–Crippen MR) is 68.0 cm³/mol. The second-order valence-corrected chi connectivity index (χ2v) is 5.39. The summed E-state index contributed by atoms with van der Waals surface area (Å²) in [5.41, 5.74) is -0.145. The third-order valence-electron chi connectivity index (χ3n) is 3.23. The first-order valence-electron chi connectivity index (χ1n) is 6.44. The average Bonchev–Trinajstić information content (AvgIpc) is 2.30. The van der Waals surface area contributed by atoms with Crippen molar-refractivity contribution in [3.8, 4) is 6.07 Å². The lowest BCUT2D eigenvalue weighted by molar-refractivity contribution is 0.408. The van der Waals surface area contributed by atoms with Crippen molar-refractivity contribution in [1.29, 1.82) is 5.26 Å². The molecule has 0 aliphatic heterocycles. The van der Waals surface area contributed by atoms with E-state index in [0.717, 1.165) is 19.4 Å². The lowest BCUT2D eigenvalue weighted by atomic mass is 9.89. The molecule has 1 atom stereocenters. The van der Waals surface area contributed by atoms with E-state index in [-0.39, 0.29) is 5.41 Å². The van der Waals surface area contributed by atoms with E-state index in [0.29, 0.717) is 6.04 Å². The fourth-order valence-electron chi connectivity index (χ4n) is 2.03. The minimum Gasteiger partial charge on any atom is -0.314 e. The van der Waals surface area contributed by atoms with Crippen LogP contribution < -0.4 is 5.32 Å². The predicted octanol–water partition coefficient (Wildman–Crippen LogP) is 3.40. The lowest BCUT2D eigenvalue weighted by Crippen LogP contribution is -2.30. The van der Waals surface area contributed by atoms with Gasteiger partial charge in [0.1, 0.15) is 0 Å². The summed E-state index contributed by atoms with van der Waals surface area (Å²) < 4.78 is 0. The molecule has 0 radical (unpaired) electrons. The van der Waals surface area contributed by atoms with Gasteiger partial charge >= 0.3 is 0 Å². The van der Waals surface area contributed by atoms with Crippen LogP contribution in [-0.4, -0.2) is 12.6 Å². The molecule has 0 amide bonds. The van der Waals surface area contributed by atoms with Crippen LogP contribution in [0.4, 0.5) is 0 Å². The SMILES string of the molecule is CC(C)(C#N)CCCCNC1CC=CCC1. The highest BCUT2D eigenvalue weighted by molar-refractivity contribution is 4.93. The van der Waals surface area contributed by atoms with Gasteiger partial charge in [-0.2, -0.15) is 5.26 Å². The van der Waals surface area contributed by atoms with E-state index in [1.807, 2.05) is 13.8 Å². The molecule has 0 heterocycles. The molecule has 0 saturated heterocycles. The molecule has 90 valence electrons. The van der Waals surface area contributed by atoms with E-state index in [1.165, 1.54) is 25.7 Å². The van der Waals surface area contributed by atoms with Gasteiger partial charge in [0.05, 0.1) is 11.5 Å². The topological polar surface area (TPSA) is 35.8 Å². The van der Waals surface area contributed by atoms with Crippen molar-refractivity contribution >= 4 is 0 Å². The van der Waals surface area contributed by atoms with Crippen molar-refractivity contribution in [2.75, 3.05) is 6.54 Å². The summed E-state index contributed by atoms with van der Waals surface area (Å²) >= 11 is 0. The maximum atomic E-state index is 8.88. The van der Waals surface area contributed by atoms with Crippen LogP contribution in [0.15, 0.2) is 12.2 Å². The molecular weight excluding hydrogens is 196 g/mol. The Morgan fingerprint density at radius 3 is 2.81 bits per heavy atom. The molecule has 0 bridgehead atoms. The summed E-state index contributed by atoms with van der Waals surface area (Å²) in [7, 11) is 0. The number of allylic oxidation sites excluding steroid dienone is 1. The normalized spacial score (nSPS) is 20.7. The monoisotopic (exact) mass is 220 g/mol. The highest BCUT2D eigenvalue weighted by atomic mass is 14.9. The fourth-order valence-corrected chi connectivity index (χ4v) is 2.03. The van der Waals surface area contributed by atoms with E-state index in [1.54, 1.807) is 0 Å². The first kappa shape index (κ1) is 13.3. The van der Waals surface area contributed by atoms with Crippen LogP contribution in [0, 0.1) is 16.7 Å². The molecule has 0 spiro atoms. The number of nitriles is 1. The van der Waals surface area contributed by atoms with Crippen molar-refractivity contribution < 1.29 is 0 Å². The van der Waals surface area contributed by atoms with Gasteiger partial charge in [-0.3, -0.25) is 0 Å². The standard InChI is InChI=1S/C14H24N2/c1-14(2,12-15)10-6-7-11-16-13-8-4-3-5-9-13/h3-4,13,16H,5-11H2,1-2H3. The molecule has 2 nitrogen and oxygen atoms in total. The number of unbranched alkanes of at least 4 members (excludes halogenated alkanes) is 1. The summed E-state index contributed by atoms with van der Waals surface area (Å²) in [5.74, 6) is 0. The number of hydrogen-bond acceptors (Lipinski definition) is 2. The van der Waals surface area contributed by atoms with Gasteiger partial charge in [-0.05, 0) is 52.5 Å². The molecule has 1 rings (SSSR count). The molecule has 2 heteroatoms. The van der Waals surface area contributed by atoms with Crippen LogP contribution in [0.25, 0.3) is 0 Å². The zero-order chi connectivity index (χ0) is 11.9. The maximum Gasteiger partial charge on any atom is 0.0683 e.